The molecule has 0 unspecified atom stereocenters. The second kappa shape index (κ2) is 35.7. The molecule has 0 aliphatic heterocycles. The van der Waals surface area contributed by atoms with E-state index < -0.39 is 52.0 Å². The minimum Gasteiger partial charge on any atom is -0.264 e. The van der Waals surface area contributed by atoms with E-state index in [9.17, 15) is 0 Å². The topological polar surface area (TPSA) is 373 Å². The Bertz CT molecular complexity index is 632. The summed E-state index contributed by atoms with van der Waals surface area (Å²) in [7, 11) is -23.3. The molecule has 10 N–H and O–H groups in total. The van der Waals surface area contributed by atoms with Crippen molar-refractivity contribution in [3.8, 4) is 0 Å². The Morgan fingerprint density at radius 3 is 0.219 bits per heavy atom. The zero-order valence-electron chi connectivity index (χ0n) is 10.6. The molecule has 20 nitrogen and oxygen atoms in total. The first-order chi connectivity index (χ1) is 10.0. The molecule has 0 saturated heterocycles. The van der Waals surface area contributed by atoms with E-state index in [1.54, 1.807) is 0 Å². The molecule has 188 valence electrons. The van der Waals surface area contributed by atoms with Crippen LogP contribution in [0.15, 0.2) is 0 Å². The van der Waals surface area contributed by atoms with Gasteiger partial charge in [0.1, 0.15) is 0 Å². The van der Waals surface area contributed by atoms with Crippen LogP contribution in [-0.2, 0) is 52.0 Å². The van der Waals surface area contributed by atoms with Crippen LogP contribution < -0.4 is 0 Å². The summed E-state index contributed by atoms with van der Waals surface area (Å²) in [4.78, 5) is 0. The van der Waals surface area contributed by atoms with Crippen molar-refractivity contribution < 1.29 is 87.6 Å². The Morgan fingerprint density at radius 2 is 0.219 bits per heavy atom. The van der Waals surface area contributed by atoms with Crippen LogP contribution in [0.25, 0.3) is 0 Å². The summed E-state index contributed by atoms with van der Waals surface area (Å²) < 4.78 is 158. The van der Waals surface area contributed by atoms with Gasteiger partial charge in [-0.15, -0.1) is 0 Å². The SMILES string of the molecule is O=S(=O)(O)O.O=S(=O)(O)O.O=S(=O)(O)O.O=S(=O)(O)O.O=S(=O)(O)O.[MgH2].[MgH2].[MgH2].[MgH2].[MgH2].[MgH2].[MgH2]. The molecular weight excluding hydrogens is 650 g/mol. The average molecular weight is 675 g/mol. The zero-order valence-corrected chi connectivity index (χ0v) is 14.7. The van der Waals surface area contributed by atoms with Gasteiger partial charge in [-0.05, 0) is 0 Å². The molecule has 0 rings (SSSR count). The molecule has 0 aromatic carbocycles. The highest BCUT2D eigenvalue weighted by molar-refractivity contribution is 7.80. The van der Waals surface area contributed by atoms with E-state index in [0.717, 1.165) is 0 Å². The van der Waals surface area contributed by atoms with E-state index in [1.165, 1.54) is 0 Å². The first-order valence-corrected chi connectivity index (χ1v) is 10.5. The third kappa shape index (κ3) is 1780. The third-order valence-corrected chi connectivity index (χ3v) is 0. The molecule has 0 aromatic heterocycles. The summed E-state index contributed by atoms with van der Waals surface area (Å²) in [6.07, 6.45) is 0. The third-order valence-electron chi connectivity index (χ3n) is 0. The van der Waals surface area contributed by atoms with Crippen molar-refractivity contribution in [2.24, 2.45) is 0 Å². The van der Waals surface area contributed by atoms with Gasteiger partial charge in [-0.3, -0.25) is 45.5 Å². The predicted octanol–water partition coefficient (Wildman–Crippen LogP) is -9.68. The molecule has 0 aliphatic carbocycles. The second-order valence-electron chi connectivity index (χ2n) is 2.24. The first kappa shape index (κ1) is 76.7. The largest absolute Gasteiger partial charge is 0.394 e. The molecule has 32 heteroatoms. The molecule has 0 heterocycles. The Hall–Kier alpha value is 4.71. The van der Waals surface area contributed by atoms with E-state index in [-0.39, 0.29) is 161 Å². The van der Waals surface area contributed by atoms with Crippen molar-refractivity contribution in [2.75, 3.05) is 0 Å². The van der Waals surface area contributed by atoms with Crippen LogP contribution in [0.2, 0.25) is 0 Å². The average Bonchev–Trinajstić information content (AvgIpc) is 1.79. The first-order valence-electron chi connectivity index (χ1n) is 3.49. The molecule has 0 bridgehead atoms. The summed E-state index contributed by atoms with van der Waals surface area (Å²) in [6.45, 7) is 0. The quantitative estimate of drug-likeness (QED) is 0.0841. The van der Waals surface area contributed by atoms with Crippen LogP contribution in [0.4, 0.5) is 0 Å². The van der Waals surface area contributed by atoms with Gasteiger partial charge in [-0.25, -0.2) is 0 Å². The minimum absolute atomic E-state index is 0. The Balaban J connectivity index is -0.0000000148. The van der Waals surface area contributed by atoms with Gasteiger partial charge in [-0.2, -0.15) is 42.1 Å². The van der Waals surface area contributed by atoms with Gasteiger partial charge in [0.2, 0.25) is 0 Å². The highest BCUT2D eigenvalue weighted by Gasteiger charge is 1.86. The van der Waals surface area contributed by atoms with Crippen molar-refractivity contribution >= 4 is 213 Å². The van der Waals surface area contributed by atoms with Crippen LogP contribution in [0, 0.1) is 0 Å². The fraction of sp³-hybridized carbons (Fsp3) is 0. The standard InChI is InChI=1S/7Mg.5H2O4S.14H/c;;;;;;;5*1-5(2,3)4;;;;;;;;;;;;;;/h;;;;;;;5*(H2,1,2,3,4);;;;;;;;;;;;;;. The molecule has 0 amide bonds. The van der Waals surface area contributed by atoms with Gasteiger partial charge in [0.15, 0.2) is 0 Å². The van der Waals surface area contributed by atoms with Gasteiger partial charge in [-0.1, -0.05) is 0 Å². The molecule has 0 aromatic rings. The summed E-state index contributed by atoms with van der Waals surface area (Å²) in [6, 6.07) is 0. The van der Waals surface area contributed by atoms with E-state index in [0.29, 0.717) is 0 Å². The van der Waals surface area contributed by atoms with E-state index in [2.05, 4.69) is 0 Å². The lowest BCUT2D eigenvalue weighted by atomic mass is 15.8. The van der Waals surface area contributed by atoms with E-state index >= 15 is 0 Å². The van der Waals surface area contributed by atoms with Crippen molar-refractivity contribution in [2.45, 2.75) is 0 Å². The maximum absolute atomic E-state index is 8.74. The van der Waals surface area contributed by atoms with Crippen LogP contribution in [0.3, 0.4) is 0 Å². The minimum atomic E-state index is -4.67. The van der Waals surface area contributed by atoms with Crippen molar-refractivity contribution in [1.82, 2.24) is 0 Å². The Kier molecular flexibility index (Phi) is 85.6. The maximum atomic E-state index is 8.74. The van der Waals surface area contributed by atoms with Crippen LogP contribution >= 0.6 is 0 Å². The monoisotopic (exact) mass is 672 g/mol. The van der Waals surface area contributed by atoms with Crippen LogP contribution in [-0.4, -0.2) is 249 Å². The van der Waals surface area contributed by atoms with Crippen molar-refractivity contribution in [3.05, 3.63) is 0 Å². The molecular formula is H24Mg7O20S5. The normalized spacial score (nSPS) is 9.06. The fourth-order valence-corrected chi connectivity index (χ4v) is 0. The number of rotatable bonds is 0. The van der Waals surface area contributed by atoms with E-state index in [4.69, 9.17) is 87.6 Å². The zero-order chi connectivity index (χ0) is 22.5. The molecule has 0 radical (unpaired) electrons. The summed E-state index contributed by atoms with van der Waals surface area (Å²) in [5.74, 6) is 0. The number of hydrogen-bond donors (Lipinski definition) is 10. The molecule has 0 spiro atoms. The predicted molar refractivity (Wildman–Crippen MR) is 131 cm³/mol. The molecule has 0 atom stereocenters. The van der Waals surface area contributed by atoms with Crippen LogP contribution in [0.5, 0.6) is 0 Å². The molecule has 0 aliphatic rings. The molecule has 32 heavy (non-hydrogen) atoms. The highest BCUT2D eigenvalue weighted by atomic mass is 32.3. The lowest BCUT2D eigenvalue weighted by Gasteiger charge is -1.68. The van der Waals surface area contributed by atoms with Gasteiger partial charge in [0.25, 0.3) is 0 Å². The second-order valence-corrected chi connectivity index (χ2v) is 6.72. The van der Waals surface area contributed by atoms with Crippen molar-refractivity contribution in [1.29, 1.82) is 0 Å². The lowest BCUT2D eigenvalue weighted by molar-refractivity contribution is 0.378. The highest BCUT2D eigenvalue weighted by Crippen LogP contribution is 1.60. The summed E-state index contributed by atoms with van der Waals surface area (Å²) in [5.41, 5.74) is 0. The van der Waals surface area contributed by atoms with Gasteiger partial charge in [0, 0.05) is 0 Å². The lowest BCUT2D eigenvalue weighted by Crippen LogP contribution is -1.89. The molecule has 0 fully saturated rings. The van der Waals surface area contributed by atoms with E-state index in [1.807, 2.05) is 0 Å². The summed E-state index contributed by atoms with van der Waals surface area (Å²) >= 11 is 0. The summed E-state index contributed by atoms with van der Waals surface area (Å²) in [5, 5.41) is 0. The fourth-order valence-electron chi connectivity index (χ4n) is 0. The molecule has 0 saturated carbocycles. The van der Waals surface area contributed by atoms with Gasteiger partial charge < -0.3 is 0 Å². The maximum Gasteiger partial charge on any atom is 0.394 e. The smallest absolute Gasteiger partial charge is 0.264 e. The van der Waals surface area contributed by atoms with Crippen molar-refractivity contribution in [3.63, 3.8) is 0 Å². The number of hydrogen-bond acceptors (Lipinski definition) is 10. The van der Waals surface area contributed by atoms with Crippen LogP contribution in [0.1, 0.15) is 0 Å². The van der Waals surface area contributed by atoms with Gasteiger partial charge >= 0.3 is 213 Å². The Morgan fingerprint density at radius 1 is 0.219 bits per heavy atom. The van der Waals surface area contributed by atoms with Gasteiger partial charge in [0.05, 0.1) is 0 Å². The Labute approximate surface area is 295 Å².